The van der Waals surface area contributed by atoms with Gasteiger partial charge >= 0.3 is 0 Å². The van der Waals surface area contributed by atoms with Gasteiger partial charge in [0.1, 0.15) is 0 Å². The van der Waals surface area contributed by atoms with Crippen molar-refractivity contribution in [2.24, 2.45) is 5.73 Å². The van der Waals surface area contributed by atoms with Crippen LogP contribution in [0.4, 0.5) is 5.69 Å². The molecule has 21 heavy (non-hydrogen) atoms. The molecule has 0 bridgehead atoms. The number of nitro benzene ring substituents is 1. The number of nitro groups is 1. The van der Waals surface area contributed by atoms with Crippen LogP contribution in [0.2, 0.25) is 0 Å². The van der Waals surface area contributed by atoms with E-state index < -0.39 is 0 Å². The van der Waals surface area contributed by atoms with Gasteiger partial charge in [-0.1, -0.05) is 42.5 Å². The monoisotopic (exact) mass is 282 g/mol. The molecule has 2 aromatic carbocycles. The summed E-state index contributed by atoms with van der Waals surface area (Å²) < 4.78 is 0. The van der Waals surface area contributed by atoms with Crippen molar-refractivity contribution in [2.45, 2.75) is 30.7 Å². The van der Waals surface area contributed by atoms with Crippen LogP contribution in [0, 0.1) is 10.1 Å². The molecule has 4 nitrogen and oxygen atoms in total. The fourth-order valence-corrected chi connectivity index (χ4v) is 2.98. The lowest BCUT2D eigenvalue weighted by molar-refractivity contribution is -0.384. The van der Waals surface area contributed by atoms with Crippen molar-refractivity contribution in [1.82, 2.24) is 0 Å². The van der Waals surface area contributed by atoms with Crippen LogP contribution in [0.3, 0.4) is 0 Å². The van der Waals surface area contributed by atoms with E-state index in [1.165, 1.54) is 5.56 Å². The Morgan fingerprint density at radius 3 is 2.24 bits per heavy atom. The zero-order valence-electron chi connectivity index (χ0n) is 11.7. The largest absolute Gasteiger partial charge is 0.327 e. The first-order valence-corrected chi connectivity index (χ1v) is 7.16. The van der Waals surface area contributed by atoms with E-state index in [1.807, 2.05) is 18.2 Å². The molecule has 0 aliphatic heterocycles. The topological polar surface area (TPSA) is 69.2 Å². The molecule has 2 N–H and O–H groups in total. The van der Waals surface area contributed by atoms with Crippen LogP contribution in [0.1, 0.15) is 24.0 Å². The van der Waals surface area contributed by atoms with Crippen molar-refractivity contribution in [1.29, 1.82) is 0 Å². The van der Waals surface area contributed by atoms with Crippen molar-refractivity contribution in [3.63, 3.8) is 0 Å². The summed E-state index contributed by atoms with van der Waals surface area (Å²) in [6.45, 7) is 0. The quantitative estimate of drug-likeness (QED) is 0.676. The van der Waals surface area contributed by atoms with Gasteiger partial charge in [-0.25, -0.2) is 0 Å². The van der Waals surface area contributed by atoms with E-state index in [0.29, 0.717) is 0 Å². The fourth-order valence-electron chi connectivity index (χ4n) is 2.98. The molecule has 1 aliphatic rings. The lowest BCUT2D eigenvalue weighted by Crippen LogP contribution is -2.36. The minimum absolute atomic E-state index is 0.0429. The predicted molar refractivity (Wildman–Crippen MR) is 82.1 cm³/mol. The highest BCUT2D eigenvalue weighted by atomic mass is 16.6. The summed E-state index contributed by atoms with van der Waals surface area (Å²) in [5, 5.41) is 10.7. The summed E-state index contributed by atoms with van der Waals surface area (Å²) in [6, 6.07) is 17.1. The van der Waals surface area contributed by atoms with Gasteiger partial charge in [-0.15, -0.1) is 0 Å². The van der Waals surface area contributed by atoms with Gasteiger partial charge in [0.2, 0.25) is 0 Å². The number of rotatable bonds is 5. The second-order valence-corrected chi connectivity index (χ2v) is 5.76. The van der Waals surface area contributed by atoms with Crippen LogP contribution in [-0.2, 0) is 11.8 Å². The highest BCUT2D eigenvalue weighted by molar-refractivity contribution is 5.37. The van der Waals surface area contributed by atoms with E-state index >= 15 is 0 Å². The second-order valence-electron chi connectivity index (χ2n) is 5.76. The number of nitrogens with zero attached hydrogens (tertiary/aromatic N) is 1. The van der Waals surface area contributed by atoms with Gasteiger partial charge in [-0.2, -0.15) is 0 Å². The Labute approximate surface area is 123 Å². The summed E-state index contributed by atoms with van der Waals surface area (Å²) in [7, 11) is 0. The molecule has 0 amide bonds. The van der Waals surface area contributed by atoms with Gasteiger partial charge in [0.25, 0.3) is 5.69 Å². The van der Waals surface area contributed by atoms with Gasteiger partial charge < -0.3 is 5.73 Å². The molecule has 3 rings (SSSR count). The van der Waals surface area contributed by atoms with E-state index in [0.717, 1.165) is 24.8 Å². The van der Waals surface area contributed by atoms with Gasteiger partial charge in [0, 0.05) is 23.6 Å². The minimum Gasteiger partial charge on any atom is -0.327 e. The molecule has 1 unspecified atom stereocenters. The molecule has 2 aromatic rings. The van der Waals surface area contributed by atoms with Crippen molar-refractivity contribution in [3.05, 3.63) is 75.8 Å². The zero-order chi connectivity index (χ0) is 14.9. The van der Waals surface area contributed by atoms with E-state index in [1.54, 1.807) is 24.3 Å². The molecular weight excluding hydrogens is 264 g/mol. The Kier molecular flexibility index (Phi) is 3.47. The fraction of sp³-hybridized carbons (Fsp3) is 0.294. The average molecular weight is 282 g/mol. The lowest BCUT2D eigenvalue weighted by atomic mass is 9.85. The molecule has 0 radical (unpaired) electrons. The van der Waals surface area contributed by atoms with Crippen molar-refractivity contribution >= 4 is 5.69 Å². The van der Waals surface area contributed by atoms with Crippen LogP contribution in [0.5, 0.6) is 0 Å². The first-order valence-electron chi connectivity index (χ1n) is 7.16. The first-order chi connectivity index (χ1) is 10.1. The summed E-state index contributed by atoms with van der Waals surface area (Å²) in [6.07, 6.45) is 2.98. The molecule has 0 aromatic heterocycles. The van der Waals surface area contributed by atoms with E-state index in [9.17, 15) is 10.1 Å². The maximum Gasteiger partial charge on any atom is 0.269 e. The number of benzene rings is 2. The van der Waals surface area contributed by atoms with E-state index in [2.05, 4.69) is 12.1 Å². The third-order valence-corrected chi connectivity index (χ3v) is 4.45. The van der Waals surface area contributed by atoms with Gasteiger partial charge in [-0.3, -0.25) is 10.1 Å². The van der Waals surface area contributed by atoms with Crippen LogP contribution >= 0.6 is 0 Å². The summed E-state index contributed by atoms with van der Waals surface area (Å²) in [4.78, 5) is 10.3. The molecule has 108 valence electrons. The Morgan fingerprint density at radius 2 is 1.71 bits per heavy atom. The maximum absolute atomic E-state index is 10.7. The number of hydrogen-bond acceptors (Lipinski definition) is 3. The molecule has 1 aliphatic carbocycles. The third kappa shape index (κ3) is 2.67. The number of non-ortho nitro benzene ring substituents is 1. The standard InChI is InChI=1S/C17H18N2O2/c18-16(12-13-6-8-15(9-7-13)19(20)21)17(10-11-17)14-4-2-1-3-5-14/h1-9,16H,10-12,18H2. The molecule has 1 atom stereocenters. The van der Waals surface area contributed by atoms with E-state index in [4.69, 9.17) is 5.73 Å². The Morgan fingerprint density at radius 1 is 1.10 bits per heavy atom. The van der Waals surface area contributed by atoms with Crippen LogP contribution in [0.25, 0.3) is 0 Å². The van der Waals surface area contributed by atoms with Crippen molar-refractivity contribution in [3.8, 4) is 0 Å². The molecule has 0 heterocycles. The van der Waals surface area contributed by atoms with Gasteiger partial charge in [0.15, 0.2) is 0 Å². The summed E-state index contributed by atoms with van der Waals surface area (Å²) in [5.41, 5.74) is 9.01. The van der Waals surface area contributed by atoms with Crippen LogP contribution in [-0.4, -0.2) is 11.0 Å². The van der Waals surface area contributed by atoms with Crippen LogP contribution in [0.15, 0.2) is 54.6 Å². The lowest BCUT2D eigenvalue weighted by Gasteiger charge is -2.24. The number of hydrogen-bond donors (Lipinski definition) is 1. The van der Waals surface area contributed by atoms with Crippen LogP contribution < -0.4 is 5.73 Å². The molecule has 1 saturated carbocycles. The first kappa shape index (κ1) is 13.8. The highest BCUT2D eigenvalue weighted by Crippen LogP contribution is 2.50. The molecule has 0 saturated heterocycles. The zero-order valence-corrected chi connectivity index (χ0v) is 11.7. The average Bonchev–Trinajstić information content (AvgIpc) is 3.30. The van der Waals surface area contributed by atoms with Gasteiger partial charge in [0.05, 0.1) is 4.92 Å². The number of nitrogens with two attached hydrogens (primary N) is 1. The summed E-state index contributed by atoms with van der Waals surface area (Å²) in [5.74, 6) is 0. The molecule has 4 heteroatoms. The Hall–Kier alpha value is -2.20. The highest BCUT2D eigenvalue weighted by Gasteiger charge is 2.48. The predicted octanol–water partition coefficient (Wildman–Crippen LogP) is 3.20. The minimum atomic E-state index is -0.379. The third-order valence-electron chi connectivity index (χ3n) is 4.45. The molecule has 1 fully saturated rings. The SMILES string of the molecule is NC(Cc1ccc([N+](=O)[O-])cc1)C1(c2ccccc2)CC1. The Bertz CT molecular complexity index is 634. The van der Waals surface area contributed by atoms with E-state index in [-0.39, 0.29) is 22.1 Å². The smallest absolute Gasteiger partial charge is 0.269 e. The maximum atomic E-state index is 10.7. The Balaban J connectivity index is 1.74. The van der Waals surface area contributed by atoms with Crippen molar-refractivity contribution < 1.29 is 4.92 Å². The molecule has 0 spiro atoms. The molecular formula is C17H18N2O2. The second kappa shape index (κ2) is 5.30. The van der Waals surface area contributed by atoms with Crippen molar-refractivity contribution in [2.75, 3.05) is 0 Å². The van der Waals surface area contributed by atoms with Gasteiger partial charge in [-0.05, 0) is 30.4 Å². The summed E-state index contributed by atoms with van der Waals surface area (Å²) >= 11 is 0. The normalized spacial score (nSPS) is 17.2.